The van der Waals surface area contributed by atoms with E-state index in [2.05, 4.69) is 32.1 Å². The molecule has 0 amide bonds. The number of aliphatic hydroxyl groups is 1. The number of ether oxygens (including phenoxy) is 4. The van der Waals surface area contributed by atoms with Gasteiger partial charge in [0.05, 0.1) is 23.8 Å². The second kappa shape index (κ2) is 10.5. The topological polar surface area (TPSA) is 111 Å². The van der Waals surface area contributed by atoms with Crippen LogP contribution in [0.1, 0.15) is 18.1 Å². The largest absolute Gasteiger partial charge is 0.456 e. The highest BCUT2D eigenvalue weighted by molar-refractivity contribution is 6.33. The molecule has 2 aliphatic heterocycles. The van der Waals surface area contributed by atoms with Crippen molar-refractivity contribution in [1.29, 1.82) is 0 Å². The summed E-state index contributed by atoms with van der Waals surface area (Å²) >= 11 is 6.33. The average Bonchev–Trinajstić information content (AvgIpc) is 3.53. The normalized spacial score (nSPS) is 22.9. The molecule has 36 heavy (non-hydrogen) atoms. The number of nitrogens with zero attached hydrogens (tertiary/aromatic N) is 2. The summed E-state index contributed by atoms with van der Waals surface area (Å²) in [7, 11) is 0. The predicted molar refractivity (Wildman–Crippen MR) is 126 cm³/mol. The minimum absolute atomic E-state index is 0.177. The molecule has 0 unspecified atom stereocenters. The standard InChI is InChI=1S/C24H23ClF2N4O5/c1-2-33-5-3-4-12-6-15(26)13(16(27)7-12)9-28-22-14(25)8-17-23(30-22)31-24(29-17)36-19-11-35-20-18(32)10-34-21(19)20/h6-8,18-21,32H,2,5,9-11H2,1H3,(H2,28,29,30,31)/t18-,19-,20-,21-/m1/s1. The number of fused-ring (bicyclic) bond motifs is 2. The molecular formula is C24H23ClF2N4O5. The van der Waals surface area contributed by atoms with Crippen molar-refractivity contribution >= 4 is 28.6 Å². The SMILES string of the molecule is CCOCC#Cc1cc(F)c(CNc2nc3nc(O[C@@H]4CO[C@H]5[C@@H]4OC[C@H]5O)[nH]c3cc2Cl)c(F)c1. The van der Waals surface area contributed by atoms with Crippen LogP contribution in [-0.4, -0.2) is 70.9 Å². The molecule has 3 N–H and O–H groups in total. The molecule has 0 bridgehead atoms. The molecule has 0 saturated carbocycles. The number of anilines is 1. The van der Waals surface area contributed by atoms with Gasteiger partial charge in [-0.1, -0.05) is 23.4 Å². The Balaban J connectivity index is 1.27. The van der Waals surface area contributed by atoms with E-state index < -0.39 is 36.1 Å². The van der Waals surface area contributed by atoms with Crippen molar-refractivity contribution in [2.24, 2.45) is 0 Å². The third-order valence-electron chi connectivity index (χ3n) is 5.83. The Morgan fingerprint density at radius 3 is 2.75 bits per heavy atom. The Labute approximate surface area is 210 Å². The van der Waals surface area contributed by atoms with Gasteiger partial charge in [0, 0.05) is 24.3 Å². The van der Waals surface area contributed by atoms with Crippen LogP contribution in [0.2, 0.25) is 5.02 Å². The van der Waals surface area contributed by atoms with Crippen molar-refractivity contribution in [3.05, 3.63) is 46.0 Å². The Morgan fingerprint density at radius 1 is 1.19 bits per heavy atom. The van der Waals surface area contributed by atoms with Gasteiger partial charge in [-0.25, -0.2) is 13.8 Å². The van der Waals surface area contributed by atoms with Crippen molar-refractivity contribution in [3.8, 4) is 17.9 Å². The van der Waals surface area contributed by atoms with Crippen molar-refractivity contribution in [3.63, 3.8) is 0 Å². The van der Waals surface area contributed by atoms with Crippen LogP contribution in [0.3, 0.4) is 0 Å². The second-order valence-electron chi connectivity index (χ2n) is 8.26. The zero-order valence-corrected chi connectivity index (χ0v) is 19.9. The summed E-state index contributed by atoms with van der Waals surface area (Å²) in [6, 6.07) is 4.10. The molecule has 9 nitrogen and oxygen atoms in total. The number of pyridine rings is 1. The first-order valence-electron chi connectivity index (χ1n) is 11.4. The van der Waals surface area contributed by atoms with Crippen LogP contribution in [0.25, 0.3) is 11.2 Å². The van der Waals surface area contributed by atoms with E-state index in [0.29, 0.717) is 17.8 Å². The number of aromatic nitrogens is 3. The molecule has 12 heteroatoms. The summed E-state index contributed by atoms with van der Waals surface area (Å²) in [6.07, 6.45) is -1.96. The van der Waals surface area contributed by atoms with Gasteiger partial charge in [0.15, 0.2) is 11.8 Å². The average molecular weight is 521 g/mol. The van der Waals surface area contributed by atoms with Crippen LogP contribution >= 0.6 is 11.6 Å². The van der Waals surface area contributed by atoms with Gasteiger partial charge in [-0.15, -0.1) is 0 Å². The highest BCUT2D eigenvalue weighted by Crippen LogP contribution is 2.31. The number of hydrogen-bond donors (Lipinski definition) is 3. The lowest BCUT2D eigenvalue weighted by Gasteiger charge is -2.15. The van der Waals surface area contributed by atoms with E-state index in [1.807, 2.05) is 6.92 Å². The zero-order chi connectivity index (χ0) is 25.2. The molecule has 4 heterocycles. The molecule has 2 aromatic heterocycles. The third-order valence-corrected chi connectivity index (χ3v) is 6.12. The third kappa shape index (κ3) is 5.09. The molecule has 2 saturated heterocycles. The minimum atomic E-state index is -0.743. The molecule has 5 rings (SSSR count). The summed E-state index contributed by atoms with van der Waals surface area (Å²) in [5.74, 6) is 4.09. The first-order valence-corrected chi connectivity index (χ1v) is 11.7. The van der Waals surface area contributed by atoms with Gasteiger partial charge >= 0.3 is 0 Å². The number of halogens is 3. The molecule has 2 aliphatic rings. The van der Waals surface area contributed by atoms with Crippen LogP contribution in [0, 0.1) is 23.5 Å². The van der Waals surface area contributed by atoms with Crippen molar-refractivity contribution in [1.82, 2.24) is 15.0 Å². The Hall–Kier alpha value is -3.01. The number of aliphatic hydroxyl groups excluding tert-OH is 1. The number of rotatable bonds is 7. The Kier molecular flexibility index (Phi) is 7.22. The van der Waals surface area contributed by atoms with Gasteiger partial charge in [-0.3, -0.25) is 0 Å². The number of aromatic amines is 1. The van der Waals surface area contributed by atoms with E-state index in [1.54, 1.807) is 6.07 Å². The summed E-state index contributed by atoms with van der Waals surface area (Å²) in [4.78, 5) is 11.7. The van der Waals surface area contributed by atoms with E-state index in [9.17, 15) is 13.9 Å². The number of nitrogens with one attached hydrogen (secondary N) is 2. The number of benzene rings is 1. The van der Waals surface area contributed by atoms with E-state index in [0.717, 1.165) is 0 Å². The van der Waals surface area contributed by atoms with Crippen molar-refractivity contribution in [2.45, 2.75) is 37.9 Å². The van der Waals surface area contributed by atoms with Gasteiger partial charge in [-0.2, -0.15) is 4.98 Å². The quantitative estimate of drug-likeness (QED) is 0.322. The molecule has 3 aromatic rings. The molecule has 0 spiro atoms. The zero-order valence-electron chi connectivity index (χ0n) is 19.2. The van der Waals surface area contributed by atoms with Gasteiger partial charge in [0.25, 0.3) is 6.01 Å². The van der Waals surface area contributed by atoms with E-state index in [-0.39, 0.29) is 54.3 Å². The maximum atomic E-state index is 14.6. The number of imidazole rings is 1. The van der Waals surface area contributed by atoms with E-state index in [1.165, 1.54) is 12.1 Å². The fourth-order valence-electron chi connectivity index (χ4n) is 4.07. The summed E-state index contributed by atoms with van der Waals surface area (Å²) in [5.41, 5.74) is 0.840. The summed E-state index contributed by atoms with van der Waals surface area (Å²) in [5, 5.41) is 13.0. The number of H-pyrrole nitrogens is 1. The monoisotopic (exact) mass is 520 g/mol. The lowest BCUT2D eigenvalue weighted by Crippen LogP contribution is -2.34. The van der Waals surface area contributed by atoms with Gasteiger partial charge in [-0.05, 0) is 25.1 Å². The van der Waals surface area contributed by atoms with Crippen molar-refractivity contribution < 1.29 is 32.8 Å². The van der Waals surface area contributed by atoms with Crippen LogP contribution in [0.4, 0.5) is 14.6 Å². The fourth-order valence-corrected chi connectivity index (χ4v) is 4.29. The van der Waals surface area contributed by atoms with Crippen LogP contribution in [-0.2, 0) is 20.8 Å². The second-order valence-corrected chi connectivity index (χ2v) is 8.67. The van der Waals surface area contributed by atoms with Crippen LogP contribution in [0.15, 0.2) is 18.2 Å². The summed E-state index contributed by atoms with van der Waals surface area (Å²) in [6.45, 7) is 2.76. The van der Waals surface area contributed by atoms with Gasteiger partial charge in [0.2, 0.25) is 0 Å². The molecule has 0 aliphatic carbocycles. The maximum Gasteiger partial charge on any atom is 0.296 e. The van der Waals surface area contributed by atoms with Crippen LogP contribution in [0.5, 0.6) is 6.01 Å². The smallest absolute Gasteiger partial charge is 0.296 e. The maximum absolute atomic E-state index is 14.6. The molecule has 2 fully saturated rings. The Morgan fingerprint density at radius 2 is 1.97 bits per heavy atom. The first kappa shape index (κ1) is 24.7. The molecule has 190 valence electrons. The highest BCUT2D eigenvalue weighted by atomic mass is 35.5. The molecule has 1 aromatic carbocycles. The fraction of sp³-hybridized carbons (Fsp3) is 0.417. The molecular weight excluding hydrogens is 498 g/mol. The molecule has 0 radical (unpaired) electrons. The van der Waals surface area contributed by atoms with E-state index in [4.69, 9.17) is 30.5 Å². The lowest BCUT2D eigenvalue weighted by atomic mass is 10.1. The highest BCUT2D eigenvalue weighted by Gasteiger charge is 2.48. The predicted octanol–water partition coefficient (Wildman–Crippen LogP) is 2.80. The van der Waals surface area contributed by atoms with Gasteiger partial charge in [0.1, 0.15) is 42.4 Å². The first-order chi connectivity index (χ1) is 17.4. The van der Waals surface area contributed by atoms with Crippen molar-refractivity contribution in [2.75, 3.05) is 31.7 Å². The number of hydrogen-bond acceptors (Lipinski definition) is 8. The Bertz CT molecular complexity index is 1300. The summed E-state index contributed by atoms with van der Waals surface area (Å²) < 4.78 is 51.2. The lowest BCUT2D eigenvalue weighted by molar-refractivity contribution is 0.00706. The minimum Gasteiger partial charge on any atom is -0.456 e. The van der Waals surface area contributed by atoms with E-state index >= 15 is 0 Å². The molecule has 4 atom stereocenters. The van der Waals surface area contributed by atoms with Gasteiger partial charge < -0.3 is 34.4 Å². The van der Waals surface area contributed by atoms with Crippen LogP contribution < -0.4 is 10.1 Å².